The Balaban J connectivity index is 2.63. The quantitative estimate of drug-likeness (QED) is 0.531. The molecule has 0 saturated carbocycles. The van der Waals surface area contributed by atoms with Gasteiger partial charge in [0.1, 0.15) is 5.65 Å². The molecule has 0 aliphatic carbocycles. The van der Waals surface area contributed by atoms with Crippen LogP contribution in [0.1, 0.15) is 5.56 Å². The summed E-state index contributed by atoms with van der Waals surface area (Å²) in [5.41, 5.74) is 2.21. The molecule has 1 N–H and O–H groups in total. The van der Waals surface area contributed by atoms with E-state index in [1.165, 1.54) is 6.08 Å². The number of rotatable bonds is 4. The van der Waals surface area contributed by atoms with Gasteiger partial charge in [-0.05, 0) is 22.0 Å². The lowest BCUT2D eigenvalue weighted by Gasteiger charge is -2.16. The molecule has 5 nitrogen and oxygen atoms in total. The molecule has 0 amide bonds. The summed E-state index contributed by atoms with van der Waals surface area (Å²) in [4.78, 5) is 30.9. The third-order valence-corrected chi connectivity index (χ3v) is 3.08. The van der Waals surface area contributed by atoms with Gasteiger partial charge in [-0.25, -0.2) is 4.98 Å². The van der Waals surface area contributed by atoms with Crippen LogP contribution in [0.2, 0.25) is 0 Å². The maximum absolute atomic E-state index is 11.3. The lowest BCUT2D eigenvalue weighted by Crippen LogP contribution is -2.12. The number of fused-ring (bicyclic) bond motifs is 1. The molecule has 19 heavy (non-hydrogen) atoms. The standard InChI is InChI=1S/C13H12BrN3O2/c1-17(2)12(4-9(19)7-18)11-6-16-13-10(11)3-8(14)5-15-13/h3-7H,1-2H3,(H,15,16). The molecule has 0 radical (unpaired) electrons. The lowest BCUT2D eigenvalue weighted by atomic mass is 10.1. The Morgan fingerprint density at radius 1 is 1.47 bits per heavy atom. The first-order valence-electron chi connectivity index (χ1n) is 5.54. The van der Waals surface area contributed by atoms with Gasteiger partial charge in [-0.3, -0.25) is 9.59 Å². The van der Waals surface area contributed by atoms with Crippen LogP contribution in [0.15, 0.2) is 29.0 Å². The van der Waals surface area contributed by atoms with E-state index in [1.54, 1.807) is 17.3 Å². The number of H-pyrrole nitrogens is 1. The van der Waals surface area contributed by atoms with Crippen LogP contribution >= 0.6 is 15.9 Å². The zero-order valence-corrected chi connectivity index (χ0v) is 12.1. The van der Waals surface area contributed by atoms with Gasteiger partial charge in [-0.15, -0.1) is 0 Å². The number of halogens is 1. The van der Waals surface area contributed by atoms with Gasteiger partial charge >= 0.3 is 0 Å². The van der Waals surface area contributed by atoms with Crippen molar-refractivity contribution in [1.29, 1.82) is 0 Å². The fourth-order valence-corrected chi connectivity index (χ4v) is 2.14. The van der Waals surface area contributed by atoms with Crippen LogP contribution in [0.5, 0.6) is 0 Å². The maximum Gasteiger partial charge on any atom is 0.220 e. The average molecular weight is 322 g/mol. The number of hydrogen-bond acceptors (Lipinski definition) is 4. The van der Waals surface area contributed by atoms with Crippen LogP contribution in [-0.4, -0.2) is 41.0 Å². The van der Waals surface area contributed by atoms with E-state index in [1.807, 2.05) is 20.2 Å². The molecular formula is C13H12BrN3O2. The molecule has 0 saturated heterocycles. The molecule has 2 rings (SSSR count). The molecule has 0 bridgehead atoms. The molecule has 2 aromatic heterocycles. The molecule has 0 fully saturated rings. The highest BCUT2D eigenvalue weighted by Gasteiger charge is 2.13. The van der Waals surface area contributed by atoms with Gasteiger partial charge in [0.2, 0.25) is 5.78 Å². The molecule has 0 aliphatic rings. The average Bonchev–Trinajstić information content (AvgIpc) is 2.78. The molecule has 2 heterocycles. The number of carbonyl (C=O) groups is 2. The van der Waals surface area contributed by atoms with Crippen molar-refractivity contribution in [3.63, 3.8) is 0 Å². The number of pyridine rings is 1. The van der Waals surface area contributed by atoms with Crippen molar-refractivity contribution >= 4 is 44.7 Å². The van der Waals surface area contributed by atoms with Crippen molar-refractivity contribution in [2.75, 3.05) is 14.1 Å². The van der Waals surface area contributed by atoms with Crippen molar-refractivity contribution in [3.8, 4) is 0 Å². The number of hydrogen-bond donors (Lipinski definition) is 1. The molecule has 0 aromatic carbocycles. The first-order chi connectivity index (χ1) is 9.02. The van der Waals surface area contributed by atoms with E-state index in [4.69, 9.17) is 0 Å². The van der Waals surface area contributed by atoms with Gasteiger partial charge in [0.15, 0.2) is 6.29 Å². The summed E-state index contributed by atoms with van der Waals surface area (Å²) in [6.07, 6.45) is 5.08. The van der Waals surface area contributed by atoms with Crippen molar-refractivity contribution in [2.24, 2.45) is 0 Å². The Kier molecular flexibility index (Phi) is 3.80. The number of nitrogens with one attached hydrogen (secondary N) is 1. The number of carbonyl (C=O) groups excluding carboxylic acids is 2. The van der Waals surface area contributed by atoms with Gasteiger partial charge in [0, 0.05) is 53.7 Å². The minimum Gasteiger partial charge on any atom is -0.377 e. The topological polar surface area (TPSA) is 66.1 Å². The van der Waals surface area contributed by atoms with E-state index >= 15 is 0 Å². The number of aromatic nitrogens is 2. The predicted molar refractivity (Wildman–Crippen MR) is 76.5 cm³/mol. The second-order valence-corrected chi connectivity index (χ2v) is 5.11. The molecule has 0 unspecified atom stereocenters. The summed E-state index contributed by atoms with van der Waals surface area (Å²) >= 11 is 3.37. The number of aromatic amines is 1. The number of nitrogens with zero attached hydrogens (tertiary/aromatic N) is 2. The first kappa shape index (κ1) is 13.5. The predicted octanol–water partition coefficient (Wildman–Crippen LogP) is 2.00. The van der Waals surface area contributed by atoms with Crippen LogP contribution in [-0.2, 0) is 9.59 Å². The van der Waals surface area contributed by atoms with E-state index in [-0.39, 0.29) is 0 Å². The van der Waals surface area contributed by atoms with E-state index in [2.05, 4.69) is 25.9 Å². The lowest BCUT2D eigenvalue weighted by molar-refractivity contribution is -0.126. The van der Waals surface area contributed by atoms with Crippen LogP contribution in [0.3, 0.4) is 0 Å². The normalized spacial score (nSPS) is 11.6. The van der Waals surface area contributed by atoms with E-state index in [9.17, 15) is 9.59 Å². The molecule has 6 heteroatoms. The SMILES string of the molecule is CN(C)C(=CC(=O)C=O)c1c[nH]c2ncc(Br)cc12. The second kappa shape index (κ2) is 5.36. The van der Waals surface area contributed by atoms with E-state index < -0.39 is 5.78 Å². The van der Waals surface area contributed by atoms with Crippen LogP contribution in [0.25, 0.3) is 16.7 Å². The summed E-state index contributed by atoms with van der Waals surface area (Å²) in [5.74, 6) is -0.569. The van der Waals surface area contributed by atoms with Crippen molar-refractivity contribution in [1.82, 2.24) is 14.9 Å². The third-order valence-electron chi connectivity index (χ3n) is 2.65. The zero-order chi connectivity index (χ0) is 14.0. The monoisotopic (exact) mass is 321 g/mol. The summed E-state index contributed by atoms with van der Waals surface area (Å²) in [6.45, 7) is 0. The Bertz CT molecular complexity index is 674. The fourth-order valence-electron chi connectivity index (χ4n) is 1.81. The van der Waals surface area contributed by atoms with Gasteiger partial charge in [-0.1, -0.05) is 0 Å². The summed E-state index contributed by atoms with van der Waals surface area (Å²) in [7, 11) is 3.63. The van der Waals surface area contributed by atoms with Crippen LogP contribution in [0, 0.1) is 0 Å². The van der Waals surface area contributed by atoms with Crippen LogP contribution < -0.4 is 0 Å². The van der Waals surface area contributed by atoms with E-state index in [0.717, 1.165) is 21.1 Å². The Morgan fingerprint density at radius 3 is 2.84 bits per heavy atom. The third kappa shape index (κ3) is 2.73. The molecular weight excluding hydrogens is 310 g/mol. The summed E-state index contributed by atoms with van der Waals surface area (Å²) < 4.78 is 0.848. The van der Waals surface area contributed by atoms with Crippen molar-refractivity contribution < 1.29 is 9.59 Å². The highest BCUT2D eigenvalue weighted by atomic mass is 79.9. The van der Waals surface area contributed by atoms with Gasteiger partial charge < -0.3 is 9.88 Å². The second-order valence-electron chi connectivity index (χ2n) is 4.20. The minimum atomic E-state index is -0.569. The van der Waals surface area contributed by atoms with Gasteiger partial charge in [0.05, 0.1) is 0 Å². The Morgan fingerprint density at radius 2 is 2.21 bits per heavy atom. The smallest absolute Gasteiger partial charge is 0.220 e. The summed E-state index contributed by atoms with van der Waals surface area (Å²) in [5, 5.41) is 0.882. The van der Waals surface area contributed by atoms with Crippen molar-refractivity contribution in [2.45, 2.75) is 0 Å². The minimum absolute atomic E-state index is 0.298. The molecule has 0 atom stereocenters. The molecule has 2 aromatic rings. The zero-order valence-electron chi connectivity index (χ0n) is 10.5. The number of ketones is 1. The largest absolute Gasteiger partial charge is 0.377 e. The van der Waals surface area contributed by atoms with Crippen molar-refractivity contribution in [3.05, 3.63) is 34.6 Å². The Labute approximate surface area is 118 Å². The number of allylic oxidation sites excluding steroid dienone is 1. The summed E-state index contributed by atoms with van der Waals surface area (Å²) in [6, 6.07) is 1.91. The first-order valence-corrected chi connectivity index (χ1v) is 6.33. The van der Waals surface area contributed by atoms with Crippen LogP contribution in [0.4, 0.5) is 0 Å². The highest BCUT2D eigenvalue weighted by Crippen LogP contribution is 2.27. The molecule has 0 spiro atoms. The molecule has 98 valence electrons. The maximum atomic E-state index is 11.3. The fraction of sp³-hybridized carbons (Fsp3) is 0.154. The Hall–Kier alpha value is -1.95. The highest BCUT2D eigenvalue weighted by molar-refractivity contribution is 9.10. The van der Waals surface area contributed by atoms with E-state index in [0.29, 0.717) is 12.0 Å². The molecule has 0 aliphatic heterocycles. The van der Waals surface area contributed by atoms with Gasteiger partial charge in [0.25, 0.3) is 0 Å². The number of aldehydes is 1. The van der Waals surface area contributed by atoms with Gasteiger partial charge in [-0.2, -0.15) is 0 Å².